The maximum Gasteiger partial charge on any atom is 0.191 e. The molecule has 0 radical (unpaired) electrons. The highest BCUT2D eigenvalue weighted by atomic mass is 35.5. The van der Waals surface area contributed by atoms with Gasteiger partial charge in [-0.25, -0.2) is 0 Å². The molecule has 0 amide bonds. The number of nitrogens with zero attached hydrogens (tertiary/aromatic N) is 4. The molecular formula is C22H27ClN6O2. The minimum atomic E-state index is -0.173. The molecule has 0 atom stereocenters. The lowest BCUT2D eigenvalue weighted by molar-refractivity contribution is 0.0505. The van der Waals surface area contributed by atoms with Gasteiger partial charge in [0, 0.05) is 49.0 Å². The highest BCUT2D eigenvalue weighted by molar-refractivity contribution is 6.30. The minimum absolute atomic E-state index is 0.173. The molecule has 0 saturated carbocycles. The fourth-order valence-electron chi connectivity index (χ4n) is 4.05. The summed E-state index contributed by atoms with van der Waals surface area (Å²) >= 11 is 6.34. The van der Waals surface area contributed by atoms with Gasteiger partial charge in [0.05, 0.1) is 13.7 Å². The first-order valence-corrected chi connectivity index (χ1v) is 10.7. The van der Waals surface area contributed by atoms with Crippen LogP contribution in [-0.2, 0) is 16.7 Å². The second-order valence-corrected chi connectivity index (χ2v) is 8.00. The third-order valence-corrected chi connectivity index (χ3v) is 6.03. The lowest BCUT2D eigenvalue weighted by Gasteiger charge is -2.39. The Labute approximate surface area is 186 Å². The number of benzene rings is 1. The molecule has 31 heavy (non-hydrogen) atoms. The van der Waals surface area contributed by atoms with E-state index in [0.717, 1.165) is 35.6 Å². The maximum absolute atomic E-state index is 6.34. The van der Waals surface area contributed by atoms with Gasteiger partial charge in [0.15, 0.2) is 17.4 Å². The second kappa shape index (κ2) is 9.53. The van der Waals surface area contributed by atoms with E-state index in [0.29, 0.717) is 37.3 Å². The van der Waals surface area contributed by atoms with Gasteiger partial charge in [-0.3, -0.25) is 9.39 Å². The van der Waals surface area contributed by atoms with E-state index in [1.165, 1.54) is 0 Å². The lowest BCUT2D eigenvalue weighted by atomic mass is 9.73. The fraction of sp³-hybridized carbons (Fsp3) is 0.409. The Balaban J connectivity index is 1.49. The van der Waals surface area contributed by atoms with Gasteiger partial charge in [0.1, 0.15) is 5.75 Å². The van der Waals surface area contributed by atoms with Gasteiger partial charge in [0.2, 0.25) is 0 Å². The van der Waals surface area contributed by atoms with Crippen LogP contribution in [0.3, 0.4) is 0 Å². The Morgan fingerprint density at radius 3 is 2.84 bits per heavy atom. The monoisotopic (exact) mass is 442 g/mol. The van der Waals surface area contributed by atoms with Crippen molar-refractivity contribution < 1.29 is 9.47 Å². The second-order valence-electron chi connectivity index (χ2n) is 7.56. The number of nitrogens with one attached hydrogen (secondary N) is 2. The molecule has 1 aliphatic rings. The molecule has 2 aromatic heterocycles. The summed E-state index contributed by atoms with van der Waals surface area (Å²) in [4.78, 5) is 4.39. The Morgan fingerprint density at radius 1 is 1.23 bits per heavy atom. The summed E-state index contributed by atoms with van der Waals surface area (Å²) in [5.74, 6) is 2.35. The fourth-order valence-corrected chi connectivity index (χ4v) is 4.22. The van der Waals surface area contributed by atoms with Crippen LogP contribution in [0.4, 0.5) is 0 Å². The van der Waals surface area contributed by atoms with Crippen LogP contribution in [0.5, 0.6) is 5.75 Å². The molecule has 3 heterocycles. The molecule has 4 rings (SSSR count). The Bertz CT molecular complexity index is 1060. The van der Waals surface area contributed by atoms with Gasteiger partial charge in [0.25, 0.3) is 0 Å². The molecule has 1 saturated heterocycles. The van der Waals surface area contributed by atoms with Crippen molar-refractivity contribution in [1.29, 1.82) is 0 Å². The Morgan fingerprint density at radius 2 is 2.06 bits per heavy atom. The van der Waals surface area contributed by atoms with E-state index in [-0.39, 0.29) is 5.41 Å². The lowest BCUT2D eigenvalue weighted by Crippen LogP contribution is -2.48. The van der Waals surface area contributed by atoms with Crippen molar-refractivity contribution in [1.82, 2.24) is 25.2 Å². The van der Waals surface area contributed by atoms with Crippen LogP contribution in [0.1, 0.15) is 24.2 Å². The summed E-state index contributed by atoms with van der Waals surface area (Å²) in [6.07, 6.45) is 3.68. The number of rotatable bonds is 6. The number of hydrogen-bond donors (Lipinski definition) is 2. The summed E-state index contributed by atoms with van der Waals surface area (Å²) in [5, 5.41) is 16.0. The van der Waals surface area contributed by atoms with Crippen molar-refractivity contribution in [2.45, 2.75) is 24.8 Å². The molecule has 1 aliphatic heterocycles. The van der Waals surface area contributed by atoms with E-state index in [1.807, 2.05) is 47.0 Å². The first-order chi connectivity index (χ1) is 15.1. The van der Waals surface area contributed by atoms with E-state index in [9.17, 15) is 0 Å². The molecule has 164 valence electrons. The van der Waals surface area contributed by atoms with Crippen molar-refractivity contribution in [3.05, 3.63) is 59.0 Å². The number of aromatic nitrogens is 3. The Hall–Kier alpha value is -2.84. The van der Waals surface area contributed by atoms with Gasteiger partial charge in [-0.2, -0.15) is 0 Å². The Kier molecular flexibility index (Phi) is 6.58. The van der Waals surface area contributed by atoms with Crippen molar-refractivity contribution in [2.24, 2.45) is 4.99 Å². The number of ether oxygens (including phenoxy) is 2. The van der Waals surface area contributed by atoms with E-state index >= 15 is 0 Å². The average Bonchev–Trinajstić information content (AvgIpc) is 3.23. The molecule has 0 aliphatic carbocycles. The standard InChI is InChI=1S/C22H27ClN6O2/c1-24-21(25-14-20-28-27-19-5-3-4-10-29(19)20)26-15-22(8-11-31-12-9-22)17-13-16(23)6-7-18(17)30-2/h3-7,10,13H,8-9,11-12,14-15H2,1-2H3,(H2,24,25,26). The van der Waals surface area contributed by atoms with Crippen LogP contribution < -0.4 is 15.4 Å². The van der Waals surface area contributed by atoms with E-state index in [1.54, 1.807) is 14.2 Å². The molecule has 0 unspecified atom stereocenters. The summed E-state index contributed by atoms with van der Waals surface area (Å²) in [6.45, 7) is 2.55. The number of aliphatic imine (C=N–C) groups is 1. The van der Waals surface area contributed by atoms with Crippen LogP contribution in [0.15, 0.2) is 47.6 Å². The van der Waals surface area contributed by atoms with Crippen molar-refractivity contribution in [2.75, 3.05) is 33.9 Å². The molecule has 3 aromatic rings. The van der Waals surface area contributed by atoms with Crippen LogP contribution in [0.25, 0.3) is 5.65 Å². The number of methoxy groups -OCH3 is 1. The smallest absolute Gasteiger partial charge is 0.191 e. The van der Waals surface area contributed by atoms with Crippen molar-refractivity contribution in [3.63, 3.8) is 0 Å². The third kappa shape index (κ3) is 4.60. The summed E-state index contributed by atoms with van der Waals surface area (Å²) in [5.41, 5.74) is 1.74. The van der Waals surface area contributed by atoms with Crippen LogP contribution in [0.2, 0.25) is 5.02 Å². The average molecular weight is 443 g/mol. The SMILES string of the molecule is CN=C(NCc1nnc2ccccn12)NCC1(c2cc(Cl)ccc2OC)CCOCC1. The topological polar surface area (TPSA) is 85.1 Å². The minimum Gasteiger partial charge on any atom is -0.496 e. The van der Waals surface area contributed by atoms with E-state index in [4.69, 9.17) is 21.1 Å². The van der Waals surface area contributed by atoms with Gasteiger partial charge >= 0.3 is 0 Å². The van der Waals surface area contributed by atoms with E-state index < -0.39 is 0 Å². The highest BCUT2D eigenvalue weighted by Gasteiger charge is 2.37. The number of hydrogen-bond acceptors (Lipinski definition) is 5. The van der Waals surface area contributed by atoms with Gasteiger partial charge in [-0.15, -0.1) is 10.2 Å². The molecule has 0 spiro atoms. The zero-order chi connectivity index (χ0) is 21.7. The van der Waals surface area contributed by atoms with Gasteiger partial charge < -0.3 is 20.1 Å². The summed E-state index contributed by atoms with van der Waals surface area (Å²) < 4.78 is 13.3. The number of guanidine groups is 1. The van der Waals surface area contributed by atoms with Gasteiger partial charge in [-0.05, 0) is 43.2 Å². The largest absolute Gasteiger partial charge is 0.496 e. The van der Waals surface area contributed by atoms with Crippen molar-refractivity contribution in [3.8, 4) is 5.75 Å². The molecule has 1 fully saturated rings. The molecule has 8 nitrogen and oxygen atoms in total. The van der Waals surface area contributed by atoms with Crippen LogP contribution >= 0.6 is 11.6 Å². The predicted octanol–water partition coefficient (Wildman–Crippen LogP) is 2.80. The number of fused-ring (bicyclic) bond motifs is 1. The van der Waals surface area contributed by atoms with E-state index in [2.05, 4.69) is 25.8 Å². The molecule has 0 bridgehead atoms. The molecule has 9 heteroatoms. The van der Waals surface area contributed by atoms with Crippen molar-refractivity contribution >= 4 is 23.2 Å². The van der Waals surface area contributed by atoms with Crippen LogP contribution in [0, 0.1) is 0 Å². The molecule has 1 aromatic carbocycles. The zero-order valence-electron chi connectivity index (χ0n) is 17.8. The highest BCUT2D eigenvalue weighted by Crippen LogP contribution is 2.40. The maximum atomic E-state index is 6.34. The van der Waals surface area contributed by atoms with Gasteiger partial charge in [-0.1, -0.05) is 17.7 Å². The van der Waals surface area contributed by atoms with Crippen LogP contribution in [-0.4, -0.2) is 54.5 Å². The summed E-state index contributed by atoms with van der Waals surface area (Å²) in [7, 11) is 3.45. The molecular weight excluding hydrogens is 416 g/mol. The first-order valence-electron chi connectivity index (χ1n) is 10.3. The zero-order valence-corrected chi connectivity index (χ0v) is 18.5. The quantitative estimate of drug-likeness (QED) is 0.451. The predicted molar refractivity (Wildman–Crippen MR) is 121 cm³/mol. The number of pyridine rings is 1. The molecule has 2 N–H and O–H groups in total. The third-order valence-electron chi connectivity index (χ3n) is 5.80. The normalized spacial score (nSPS) is 16.3. The summed E-state index contributed by atoms with van der Waals surface area (Å²) in [6, 6.07) is 11.6. The number of halogens is 1. The first kappa shape index (κ1) is 21.4.